The van der Waals surface area contributed by atoms with E-state index in [1.54, 1.807) is 0 Å². The highest BCUT2D eigenvalue weighted by atomic mass is 35.5. The van der Waals surface area contributed by atoms with Gasteiger partial charge in [0, 0.05) is 19.4 Å². The number of fused-ring (bicyclic) bond motifs is 1. The summed E-state index contributed by atoms with van der Waals surface area (Å²) in [6, 6.07) is 0. The van der Waals surface area contributed by atoms with Crippen molar-refractivity contribution >= 4 is 17.6 Å². The molecule has 0 aromatic carbocycles. The molecular formula is C10H13ClN2O2. The Hall–Kier alpha value is -1.03. The van der Waals surface area contributed by atoms with Gasteiger partial charge in [-0.1, -0.05) is 18.5 Å². The van der Waals surface area contributed by atoms with Gasteiger partial charge >= 0.3 is 5.97 Å². The van der Waals surface area contributed by atoms with Crippen LogP contribution in [0.4, 0.5) is 0 Å². The first-order chi connectivity index (χ1) is 7.13. The van der Waals surface area contributed by atoms with Gasteiger partial charge in [0.15, 0.2) is 5.15 Å². The van der Waals surface area contributed by atoms with Gasteiger partial charge in [-0.05, 0) is 6.42 Å². The monoisotopic (exact) mass is 228 g/mol. The van der Waals surface area contributed by atoms with Gasteiger partial charge in [-0.15, -0.1) is 0 Å². The smallest absolute Gasteiger partial charge is 0.306 e. The Bertz CT molecular complexity index is 400. The molecule has 0 saturated heterocycles. The number of rotatable bonds is 2. The summed E-state index contributed by atoms with van der Waals surface area (Å²) in [5.74, 6) is -0.0909. The zero-order valence-electron chi connectivity index (χ0n) is 8.53. The summed E-state index contributed by atoms with van der Waals surface area (Å²) in [4.78, 5) is 15.1. The highest BCUT2D eigenvalue weighted by Gasteiger charge is 2.28. The minimum absolute atomic E-state index is 0.309. The number of aliphatic carboxylic acids is 1. The molecule has 82 valence electrons. The SMILES string of the molecule is CCc1nc(Cl)c2n1CCC(C(=O)O)C2. The van der Waals surface area contributed by atoms with Crippen molar-refractivity contribution in [3.05, 3.63) is 16.7 Å². The third-order valence-electron chi connectivity index (χ3n) is 2.91. The molecule has 0 saturated carbocycles. The Kier molecular flexibility index (Phi) is 2.69. The molecule has 0 aliphatic carbocycles. The summed E-state index contributed by atoms with van der Waals surface area (Å²) in [6.07, 6.45) is 2.00. The van der Waals surface area contributed by atoms with Crippen LogP contribution in [0.2, 0.25) is 5.15 Å². The van der Waals surface area contributed by atoms with E-state index in [9.17, 15) is 4.79 Å². The van der Waals surface area contributed by atoms with Crippen LogP contribution >= 0.6 is 11.6 Å². The number of imidazole rings is 1. The van der Waals surface area contributed by atoms with E-state index in [2.05, 4.69) is 9.55 Å². The van der Waals surface area contributed by atoms with Gasteiger partial charge in [0.1, 0.15) is 5.82 Å². The lowest BCUT2D eigenvalue weighted by atomic mass is 9.96. The van der Waals surface area contributed by atoms with Crippen molar-refractivity contribution < 1.29 is 9.90 Å². The van der Waals surface area contributed by atoms with Gasteiger partial charge in [0.25, 0.3) is 0 Å². The average Bonchev–Trinajstić information content (AvgIpc) is 2.55. The minimum atomic E-state index is -0.739. The maximum absolute atomic E-state index is 10.9. The van der Waals surface area contributed by atoms with Crippen LogP contribution in [0.3, 0.4) is 0 Å². The zero-order valence-corrected chi connectivity index (χ0v) is 9.29. The van der Waals surface area contributed by atoms with Gasteiger partial charge in [0.05, 0.1) is 11.6 Å². The Labute approximate surface area is 92.9 Å². The topological polar surface area (TPSA) is 55.1 Å². The maximum Gasteiger partial charge on any atom is 0.306 e. The first kappa shape index (κ1) is 10.5. The standard InChI is InChI=1S/C10H13ClN2O2/c1-2-8-12-9(11)7-5-6(10(14)15)3-4-13(7)8/h6H,2-5H2,1H3,(H,14,15). The molecule has 1 aromatic rings. The second kappa shape index (κ2) is 3.85. The normalized spacial score (nSPS) is 20.0. The highest BCUT2D eigenvalue weighted by Crippen LogP contribution is 2.27. The van der Waals surface area contributed by atoms with Gasteiger partial charge < -0.3 is 9.67 Å². The van der Waals surface area contributed by atoms with Crippen LogP contribution in [0.1, 0.15) is 24.9 Å². The highest BCUT2D eigenvalue weighted by molar-refractivity contribution is 6.30. The molecule has 1 aromatic heterocycles. The van der Waals surface area contributed by atoms with Crippen LogP contribution < -0.4 is 0 Å². The lowest BCUT2D eigenvalue weighted by Gasteiger charge is -2.21. The molecule has 0 bridgehead atoms. The molecule has 2 rings (SSSR count). The fraction of sp³-hybridized carbons (Fsp3) is 0.600. The predicted molar refractivity (Wildman–Crippen MR) is 56.1 cm³/mol. The molecule has 1 atom stereocenters. The molecule has 15 heavy (non-hydrogen) atoms. The molecule has 0 spiro atoms. The molecule has 0 amide bonds. The van der Waals surface area contributed by atoms with E-state index in [1.807, 2.05) is 6.92 Å². The lowest BCUT2D eigenvalue weighted by molar-refractivity contribution is -0.142. The Morgan fingerprint density at radius 1 is 1.73 bits per heavy atom. The van der Waals surface area contributed by atoms with Gasteiger partial charge in [-0.2, -0.15) is 0 Å². The Morgan fingerprint density at radius 2 is 2.47 bits per heavy atom. The van der Waals surface area contributed by atoms with Crippen LogP contribution in [0.5, 0.6) is 0 Å². The van der Waals surface area contributed by atoms with Crippen molar-refractivity contribution in [3.8, 4) is 0 Å². The van der Waals surface area contributed by atoms with Crippen molar-refractivity contribution in [2.45, 2.75) is 32.7 Å². The molecule has 0 fully saturated rings. The van der Waals surface area contributed by atoms with E-state index in [-0.39, 0.29) is 5.92 Å². The average molecular weight is 229 g/mol. The molecular weight excluding hydrogens is 216 g/mol. The van der Waals surface area contributed by atoms with Crippen molar-refractivity contribution in [3.63, 3.8) is 0 Å². The number of hydrogen-bond acceptors (Lipinski definition) is 2. The molecule has 1 aliphatic rings. The van der Waals surface area contributed by atoms with E-state index in [4.69, 9.17) is 16.7 Å². The van der Waals surface area contributed by atoms with Crippen molar-refractivity contribution in [1.29, 1.82) is 0 Å². The number of nitrogens with zero attached hydrogens (tertiary/aromatic N) is 2. The molecule has 1 N–H and O–H groups in total. The number of hydrogen-bond donors (Lipinski definition) is 1. The fourth-order valence-electron chi connectivity index (χ4n) is 2.06. The second-order valence-electron chi connectivity index (χ2n) is 3.80. The summed E-state index contributed by atoms with van der Waals surface area (Å²) in [5.41, 5.74) is 0.882. The van der Waals surface area contributed by atoms with Gasteiger partial charge in [-0.3, -0.25) is 4.79 Å². The van der Waals surface area contributed by atoms with E-state index in [0.29, 0.717) is 18.0 Å². The molecule has 1 unspecified atom stereocenters. The Balaban J connectivity index is 2.33. The zero-order chi connectivity index (χ0) is 11.0. The number of carboxylic acids is 1. The number of carbonyl (C=O) groups is 1. The van der Waals surface area contributed by atoms with E-state index in [1.165, 1.54) is 0 Å². The van der Waals surface area contributed by atoms with E-state index < -0.39 is 5.97 Å². The van der Waals surface area contributed by atoms with Crippen molar-refractivity contribution in [2.24, 2.45) is 5.92 Å². The molecule has 4 nitrogen and oxygen atoms in total. The largest absolute Gasteiger partial charge is 0.481 e. The summed E-state index contributed by atoms with van der Waals surface area (Å²) in [7, 11) is 0. The van der Waals surface area contributed by atoms with Crippen molar-refractivity contribution in [2.75, 3.05) is 0 Å². The quantitative estimate of drug-likeness (QED) is 0.839. The number of carboxylic acid groups (broad SMARTS) is 1. The summed E-state index contributed by atoms with van der Waals surface area (Å²) >= 11 is 5.99. The minimum Gasteiger partial charge on any atom is -0.481 e. The van der Waals surface area contributed by atoms with Gasteiger partial charge in [-0.25, -0.2) is 4.98 Å². The summed E-state index contributed by atoms with van der Waals surface area (Å²) < 4.78 is 2.06. The predicted octanol–water partition coefficient (Wildman–Crippen LogP) is 1.75. The van der Waals surface area contributed by atoms with Crippen LogP contribution in [-0.4, -0.2) is 20.6 Å². The molecule has 0 radical (unpaired) electrons. The van der Waals surface area contributed by atoms with Crippen LogP contribution in [0.15, 0.2) is 0 Å². The van der Waals surface area contributed by atoms with Gasteiger partial charge in [0.2, 0.25) is 0 Å². The van der Waals surface area contributed by atoms with Crippen LogP contribution in [-0.2, 0) is 24.2 Å². The Morgan fingerprint density at radius 3 is 3.07 bits per heavy atom. The third kappa shape index (κ3) is 1.74. The maximum atomic E-state index is 10.9. The fourth-order valence-corrected chi connectivity index (χ4v) is 2.34. The van der Waals surface area contributed by atoms with Crippen molar-refractivity contribution in [1.82, 2.24) is 9.55 Å². The second-order valence-corrected chi connectivity index (χ2v) is 4.16. The number of halogens is 1. The summed E-state index contributed by atoms with van der Waals surface area (Å²) in [6.45, 7) is 2.74. The first-order valence-corrected chi connectivity index (χ1v) is 5.47. The van der Waals surface area contributed by atoms with E-state index in [0.717, 1.165) is 24.5 Å². The molecule has 1 aliphatic heterocycles. The molecule has 5 heteroatoms. The number of aromatic nitrogens is 2. The van der Waals surface area contributed by atoms with E-state index >= 15 is 0 Å². The summed E-state index contributed by atoms with van der Waals surface area (Å²) in [5, 5.41) is 9.42. The number of aryl methyl sites for hydroxylation is 1. The van der Waals surface area contributed by atoms with Crippen LogP contribution in [0.25, 0.3) is 0 Å². The first-order valence-electron chi connectivity index (χ1n) is 5.10. The molecule has 2 heterocycles. The lowest BCUT2D eigenvalue weighted by Crippen LogP contribution is -2.26. The van der Waals surface area contributed by atoms with Crippen LogP contribution in [0, 0.1) is 5.92 Å². The third-order valence-corrected chi connectivity index (χ3v) is 3.21.